The summed E-state index contributed by atoms with van der Waals surface area (Å²) in [6.45, 7) is 0. The number of hydrazone groups is 1. The zero-order valence-electron chi connectivity index (χ0n) is 13.6. The minimum Gasteiger partial charge on any atom is -0.497 e. The first-order valence-electron chi connectivity index (χ1n) is 7.15. The molecule has 0 saturated carbocycles. The number of hydrogen-bond acceptors (Lipinski definition) is 5. The zero-order valence-corrected chi connectivity index (χ0v) is 14.3. The van der Waals surface area contributed by atoms with Gasteiger partial charge in [0, 0.05) is 5.69 Å². The third-order valence-corrected chi connectivity index (χ3v) is 3.41. The fourth-order valence-corrected chi connectivity index (χ4v) is 2.10. The fourth-order valence-electron chi connectivity index (χ4n) is 1.84. The van der Waals surface area contributed by atoms with E-state index < -0.39 is 11.8 Å². The van der Waals surface area contributed by atoms with Crippen LogP contribution in [-0.2, 0) is 9.59 Å². The van der Waals surface area contributed by atoms with Crippen LogP contribution in [-0.4, -0.2) is 32.2 Å². The van der Waals surface area contributed by atoms with Crippen molar-refractivity contribution in [2.45, 2.75) is 0 Å². The van der Waals surface area contributed by atoms with Gasteiger partial charge in [0.15, 0.2) is 0 Å². The fraction of sp³-hybridized carbons (Fsp3) is 0.118. The number of benzene rings is 2. The van der Waals surface area contributed by atoms with Crippen LogP contribution in [0.2, 0.25) is 5.02 Å². The Kier molecular flexibility index (Phi) is 6.36. The Bertz CT molecular complexity index is 791. The SMILES string of the molecule is COc1ccc(C=NNC(=O)C(=O)Nc2ccc(OC)c(Cl)c2)cc1. The zero-order chi connectivity index (χ0) is 18.2. The van der Waals surface area contributed by atoms with Crippen LogP contribution in [0.1, 0.15) is 5.56 Å². The van der Waals surface area contributed by atoms with Gasteiger partial charge in [0.25, 0.3) is 0 Å². The molecule has 0 fully saturated rings. The van der Waals surface area contributed by atoms with Gasteiger partial charge in [0.1, 0.15) is 11.5 Å². The second-order valence-electron chi connectivity index (χ2n) is 4.78. The van der Waals surface area contributed by atoms with E-state index in [0.717, 1.165) is 5.56 Å². The maximum absolute atomic E-state index is 11.8. The number of halogens is 1. The van der Waals surface area contributed by atoms with Crippen LogP contribution in [0.15, 0.2) is 47.6 Å². The molecule has 2 aromatic rings. The van der Waals surface area contributed by atoms with Gasteiger partial charge in [-0.15, -0.1) is 0 Å². The van der Waals surface area contributed by atoms with E-state index in [0.29, 0.717) is 22.2 Å². The number of carbonyl (C=O) groups is 2. The Morgan fingerprint density at radius 2 is 1.76 bits per heavy atom. The van der Waals surface area contributed by atoms with Crippen LogP contribution in [0.3, 0.4) is 0 Å². The van der Waals surface area contributed by atoms with Crippen molar-refractivity contribution >= 4 is 35.3 Å². The predicted octanol–water partition coefficient (Wildman–Crippen LogP) is 2.45. The van der Waals surface area contributed by atoms with Gasteiger partial charge >= 0.3 is 11.8 Å². The molecule has 7 nitrogen and oxygen atoms in total. The Hall–Kier alpha value is -3.06. The van der Waals surface area contributed by atoms with E-state index in [1.807, 2.05) is 0 Å². The first-order valence-corrected chi connectivity index (χ1v) is 7.53. The lowest BCUT2D eigenvalue weighted by Crippen LogP contribution is -2.32. The lowest BCUT2D eigenvalue weighted by molar-refractivity contribution is -0.136. The van der Waals surface area contributed by atoms with Gasteiger partial charge < -0.3 is 14.8 Å². The molecule has 130 valence electrons. The Balaban J connectivity index is 1.90. The second-order valence-corrected chi connectivity index (χ2v) is 5.18. The molecule has 2 N–H and O–H groups in total. The third kappa shape index (κ3) is 5.22. The van der Waals surface area contributed by atoms with Crippen LogP contribution < -0.4 is 20.2 Å². The summed E-state index contributed by atoms with van der Waals surface area (Å²) in [6, 6.07) is 11.6. The molecule has 2 aromatic carbocycles. The molecule has 0 spiro atoms. The highest BCUT2D eigenvalue weighted by atomic mass is 35.5. The molecule has 0 atom stereocenters. The Morgan fingerprint density at radius 1 is 1.04 bits per heavy atom. The highest BCUT2D eigenvalue weighted by Gasteiger charge is 2.13. The number of methoxy groups -OCH3 is 2. The van der Waals surface area contributed by atoms with Crippen molar-refractivity contribution < 1.29 is 19.1 Å². The Morgan fingerprint density at radius 3 is 2.36 bits per heavy atom. The molecular formula is C17H16ClN3O4. The number of rotatable bonds is 5. The van der Waals surface area contributed by atoms with Crippen molar-refractivity contribution in [2.24, 2.45) is 5.10 Å². The standard InChI is InChI=1S/C17H16ClN3O4/c1-24-13-6-3-11(4-7-13)10-19-21-17(23)16(22)20-12-5-8-15(25-2)14(18)9-12/h3-10H,1-2H3,(H,20,22)(H,21,23). The van der Waals surface area contributed by atoms with Crippen LogP contribution in [0.4, 0.5) is 5.69 Å². The summed E-state index contributed by atoms with van der Waals surface area (Å²) in [5.41, 5.74) is 3.25. The third-order valence-electron chi connectivity index (χ3n) is 3.11. The van der Waals surface area contributed by atoms with E-state index >= 15 is 0 Å². The molecule has 2 amide bonds. The lowest BCUT2D eigenvalue weighted by atomic mass is 10.2. The summed E-state index contributed by atoms with van der Waals surface area (Å²) >= 11 is 5.96. The first kappa shape index (κ1) is 18.3. The summed E-state index contributed by atoms with van der Waals surface area (Å²) in [5.74, 6) is -0.600. The molecule has 8 heteroatoms. The maximum Gasteiger partial charge on any atom is 0.329 e. The summed E-state index contributed by atoms with van der Waals surface area (Å²) in [4.78, 5) is 23.5. The molecule has 0 aromatic heterocycles. The van der Waals surface area contributed by atoms with E-state index in [-0.39, 0.29) is 0 Å². The van der Waals surface area contributed by atoms with E-state index in [1.54, 1.807) is 43.5 Å². The summed E-state index contributed by atoms with van der Waals surface area (Å²) in [7, 11) is 3.05. The van der Waals surface area contributed by atoms with Crippen molar-refractivity contribution in [3.63, 3.8) is 0 Å². The number of hydrogen-bond donors (Lipinski definition) is 2. The monoisotopic (exact) mass is 361 g/mol. The maximum atomic E-state index is 11.8. The molecule has 0 aliphatic rings. The Labute approximate surface area is 149 Å². The van der Waals surface area contributed by atoms with Crippen molar-refractivity contribution in [1.82, 2.24) is 5.43 Å². The molecule has 0 heterocycles. The molecule has 0 aliphatic carbocycles. The van der Waals surface area contributed by atoms with Crippen molar-refractivity contribution in [1.29, 1.82) is 0 Å². The van der Waals surface area contributed by atoms with Gasteiger partial charge in [-0.2, -0.15) is 5.10 Å². The van der Waals surface area contributed by atoms with Crippen LogP contribution in [0, 0.1) is 0 Å². The minimum absolute atomic E-state index is 0.318. The summed E-state index contributed by atoms with van der Waals surface area (Å²) in [5, 5.41) is 6.47. The number of amides is 2. The normalized spacial score (nSPS) is 10.4. The van der Waals surface area contributed by atoms with Gasteiger partial charge in [-0.05, 0) is 48.0 Å². The van der Waals surface area contributed by atoms with Crippen LogP contribution in [0.5, 0.6) is 11.5 Å². The average Bonchev–Trinajstić information content (AvgIpc) is 2.62. The van der Waals surface area contributed by atoms with E-state index in [4.69, 9.17) is 21.1 Å². The predicted molar refractivity (Wildman–Crippen MR) is 95.4 cm³/mol. The number of nitrogens with one attached hydrogen (secondary N) is 2. The van der Waals surface area contributed by atoms with Gasteiger partial charge in [0.2, 0.25) is 0 Å². The lowest BCUT2D eigenvalue weighted by Gasteiger charge is -2.07. The smallest absolute Gasteiger partial charge is 0.329 e. The molecular weight excluding hydrogens is 346 g/mol. The largest absolute Gasteiger partial charge is 0.497 e. The van der Waals surface area contributed by atoms with E-state index in [9.17, 15) is 9.59 Å². The molecule has 2 rings (SSSR count). The quantitative estimate of drug-likeness (QED) is 0.486. The topological polar surface area (TPSA) is 89.0 Å². The molecule has 0 unspecified atom stereocenters. The second kappa shape index (κ2) is 8.70. The highest BCUT2D eigenvalue weighted by Crippen LogP contribution is 2.27. The first-order chi connectivity index (χ1) is 12.0. The van der Waals surface area contributed by atoms with Gasteiger partial charge in [0.05, 0.1) is 25.5 Å². The molecule has 0 radical (unpaired) electrons. The molecule has 0 saturated heterocycles. The number of anilines is 1. The molecule has 0 bridgehead atoms. The van der Waals surface area contributed by atoms with Crippen molar-refractivity contribution in [3.05, 3.63) is 53.1 Å². The number of carbonyl (C=O) groups excluding carboxylic acids is 2. The summed E-state index contributed by atoms with van der Waals surface area (Å²) < 4.78 is 10.0. The summed E-state index contributed by atoms with van der Waals surface area (Å²) in [6.07, 6.45) is 1.41. The highest BCUT2D eigenvalue weighted by molar-refractivity contribution is 6.40. The van der Waals surface area contributed by atoms with E-state index in [1.165, 1.54) is 19.4 Å². The number of ether oxygens (including phenoxy) is 2. The molecule has 0 aliphatic heterocycles. The van der Waals surface area contributed by atoms with Crippen LogP contribution >= 0.6 is 11.6 Å². The molecule has 25 heavy (non-hydrogen) atoms. The van der Waals surface area contributed by atoms with E-state index in [2.05, 4.69) is 15.8 Å². The van der Waals surface area contributed by atoms with Crippen LogP contribution in [0.25, 0.3) is 0 Å². The van der Waals surface area contributed by atoms with Gasteiger partial charge in [-0.3, -0.25) is 9.59 Å². The van der Waals surface area contributed by atoms with Crippen molar-refractivity contribution in [3.8, 4) is 11.5 Å². The minimum atomic E-state index is -0.906. The van der Waals surface area contributed by atoms with Gasteiger partial charge in [-0.1, -0.05) is 11.6 Å². The number of nitrogens with zero attached hydrogens (tertiary/aromatic N) is 1. The van der Waals surface area contributed by atoms with Crippen molar-refractivity contribution in [2.75, 3.05) is 19.5 Å². The average molecular weight is 362 g/mol. The van der Waals surface area contributed by atoms with Gasteiger partial charge in [-0.25, -0.2) is 5.43 Å².